The van der Waals surface area contributed by atoms with E-state index in [2.05, 4.69) is 65.6 Å². The topological polar surface area (TPSA) is 57.4 Å². The minimum absolute atomic E-state index is 0.0218. The number of aryl methyl sites for hydroxylation is 1. The van der Waals surface area contributed by atoms with E-state index in [0.717, 1.165) is 39.3 Å². The van der Waals surface area contributed by atoms with E-state index in [4.69, 9.17) is 4.74 Å². The number of para-hydroxylation sites is 1. The standard InChI is InChI=1S/C24H29N3O2/c1-17-4-3-5-22-21(15-25-23(17)22)14-18(2)26-24(28)20-8-6-19(7-9-20)16-27-10-12-29-13-11-27/h3-9,15,18,25H,10-14,16H2,1-2H3,(H,26,28)/t18-/m0/s1. The molecule has 2 aromatic carbocycles. The van der Waals surface area contributed by atoms with Crippen molar-refractivity contribution in [3.63, 3.8) is 0 Å². The molecule has 5 nitrogen and oxygen atoms in total. The van der Waals surface area contributed by atoms with Gasteiger partial charge in [0.25, 0.3) is 5.91 Å². The molecule has 1 amide bonds. The smallest absolute Gasteiger partial charge is 0.251 e. The van der Waals surface area contributed by atoms with Gasteiger partial charge in [-0.05, 0) is 49.1 Å². The van der Waals surface area contributed by atoms with Crippen LogP contribution in [-0.2, 0) is 17.7 Å². The lowest BCUT2D eigenvalue weighted by atomic mass is 10.0. The molecule has 0 spiro atoms. The molecule has 0 aliphatic carbocycles. The van der Waals surface area contributed by atoms with Crippen LogP contribution in [0.5, 0.6) is 0 Å². The van der Waals surface area contributed by atoms with Crippen molar-refractivity contribution in [2.24, 2.45) is 0 Å². The maximum Gasteiger partial charge on any atom is 0.251 e. The monoisotopic (exact) mass is 391 g/mol. The number of H-pyrrole nitrogens is 1. The molecular weight excluding hydrogens is 362 g/mol. The maximum absolute atomic E-state index is 12.7. The second-order valence-electron chi connectivity index (χ2n) is 7.98. The van der Waals surface area contributed by atoms with E-state index >= 15 is 0 Å². The molecule has 1 aromatic heterocycles. The van der Waals surface area contributed by atoms with Crippen molar-refractivity contribution >= 4 is 16.8 Å². The van der Waals surface area contributed by atoms with Crippen LogP contribution in [-0.4, -0.2) is 48.1 Å². The summed E-state index contributed by atoms with van der Waals surface area (Å²) in [6.07, 6.45) is 2.85. The third-order valence-corrected chi connectivity index (χ3v) is 5.64. The number of aromatic amines is 1. The largest absolute Gasteiger partial charge is 0.379 e. The van der Waals surface area contributed by atoms with E-state index in [1.54, 1.807) is 0 Å². The molecule has 1 atom stereocenters. The van der Waals surface area contributed by atoms with E-state index in [1.807, 2.05) is 12.1 Å². The number of nitrogens with one attached hydrogen (secondary N) is 2. The van der Waals surface area contributed by atoms with Crippen LogP contribution in [0, 0.1) is 6.92 Å². The Labute approximate surface area is 172 Å². The third kappa shape index (κ3) is 4.69. The van der Waals surface area contributed by atoms with Crippen LogP contribution >= 0.6 is 0 Å². The molecule has 5 heteroatoms. The number of morpholine rings is 1. The second-order valence-corrected chi connectivity index (χ2v) is 7.98. The second kappa shape index (κ2) is 8.80. The maximum atomic E-state index is 12.7. The number of fused-ring (bicyclic) bond motifs is 1. The third-order valence-electron chi connectivity index (χ3n) is 5.64. The zero-order valence-electron chi connectivity index (χ0n) is 17.2. The lowest BCUT2D eigenvalue weighted by Gasteiger charge is -2.26. The summed E-state index contributed by atoms with van der Waals surface area (Å²) in [6, 6.07) is 14.3. The summed E-state index contributed by atoms with van der Waals surface area (Å²) in [5.41, 5.74) is 5.58. The molecule has 2 heterocycles. The molecule has 1 saturated heterocycles. The van der Waals surface area contributed by atoms with Gasteiger partial charge in [0.1, 0.15) is 0 Å². The fourth-order valence-electron chi connectivity index (χ4n) is 4.00. The van der Waals surface area contributed by atoms with Crippen molar-refractivity contribution in [2.75, 3.05) is 26.3 Å². The van der Waals surface area contributed by atoms with Crippen LogP contribution < -0.4 is 5.32 Å². The lowest BCUT2D eigenvalue weighted by Crippen LogP contribution is -2.35. The van der Waals surface area contributed by atoms with Gasteiger partial charge in [0.2, 0.25) is 0 Å². The number of carbonyl (C=O) groups is 1. The number of benzene rings is 2. The first kappa shape index (κ1) is 19.7. The Morgan fingerprint density at radius 3 is 2.69 bits per heavy atom. The van der Waals surface area contributed by atoms with E-state index in [1.165, 1.54) is 27.6 Å². The Hall–Kier alpha value is -2.63. The Kier molecular flexibility index (Phi) is 5.97. The van der Waals surface area contributed by atoms with Crippen LogP contribution in [0.1, 0.15) is 34.0 Å². The van der Waals surface area contributed by atoms with Gasteiger partial charge < -0.3 is 15.0 Å². The van der Waals surface area contributed by atoms with Gasteiger partial charge in [-0.15, -0.1) is 0 Å². The molecule has 0 unspecified atom stereocenters. The van der Waals surface area contributed by atoms with E-state index in [9.17, 15) is 4.79 Å². The molecule has 1 fully saturated rings. The highest BCUT2D eigenvalue weighted by Gasteiger charge is 2.14. The number of nitrogens with zero attached hydrogens (tertiary/aromatic N) is 1. The number of rotatable bonds is 6. The van der Waals surface area contributed by atoms with Crippen LogP contribution in [0.25, 0.3) is 10.9 Å². The van der Waals surface area contributed by atoms with Gasteiger partial charge in [-0.3, -0.25) is 9.69 Å². The normalized spacial score (nSPS) is 16.1. The summed E-state index contributed by atoms with van der Waals surface area (Å²) in [5, 5.41) is 4.37. The molecule has 1 aliphatic heterocycles. The van der Waals surface area contributed by atoms with E-state index < -0.39 is 0 Å². The van der Waals surface area contributed by atoms with Gasteiger partial charge >= 0.3 is 0 Å². The number of amides is 1. The van der Waals surface area contributed by atoms with Gasteiger partial charge in [0.15, 0.2) is 0 Å². The Bertz CT molecular complexity index is 971. The molecule has 152 valence electrons. The van der Waals surface area contributed by atoms with Crippen LogP contribution in [0.15, 0.2) is 48.7 Å². The van der Waals surface area contributed by atoms with Crippen LogP contribution in [0.2, 0.25) is 0 Å². The fourth-order valence-corrected chi connectivity index (χ4v) is 4.00. The molecule has 1 aliphatic rings. The average Bonchev–Trinajstić information content (AvgIpc) is 3.13. The van der Waals surface area contributed by atoms with Gasteiger partial charge in [-0.1, -0.05) is 30.3 Å². The van der Waals surface area contributed by atoms with Crippen molar-refractivity contribution in [3.8, 4) is 0 Å². The highest BCUT2D eigenvalue weighted by atomic mass is 16.5. The van der Waals surface area contributed by atoms with Crippen LogP contribution in [0.3, 0.4) is 0 Å². The highest BCUT2D eigenvalue weighted by Crippen LogP contribution is 2.22. The Morgan fingerprint density at radius 2 is 1.93 bits per heavy atom. The molecule has 4 rings (SSSR count). The number of carbonyl (C=O) groups excluding carboxylic acids is 1. The predicted molar refractivity (Wildman–Crippen MR) is 116 cm³/mol. The zero-order valence-corrected chi connectivity index (χ0v) is 17.2. The number of aromatic nitrogens is 1. The summed E-state index contributed by atoms with van der Waals surface area (Å²) in [6.45, 7) is 8.60. The lowest BCUT2D eigenvalue weighted by molar-refractivity contribution is 0.0342. The minimum Gasteiger partial charge on any atom is -0.379 e. The zero-order chi connectivity index (χ0) is 20.2. The summed E-state index contributed by atoms with van der Waals surface area (Å²) in [4.78, 5) is 18.4. The van der Waals surface area contributed by atoms with E-state index in [-0.39, 0.29) is 11.9 Å². The van der Waals surface area contributed by atoms with Gasteiger partial charge in [0.05, 0.1) is 13.2 Å². The fraction of sp³-hybridized carbons (Fsp3) is 0.375. The molecule has 2 N–H and O–H groups in total. The first-order chi connectivity index (χ1) is 14.1. The molecular formula is C24H29N3O2. The van der Waals surface area contributed by atoms with Crippen molar-refractivity contribution < 1.29 is 9.53 Å². The number of hydrogen-bond acceptors (Lipinski definition) is 3. The first-order valence-electron chi connectivity index (χ1n) is 10.4. The Balaban J connectivity index is 1.35. The molecule has 0 saturated carbocycles. The molecule has 3 aromatic rings. The van der Waals surface area contributed by atoms with E-state index in [0.29, 0.717) is 5.56 Å². The molecule has 0 bridgehead atoms. The van der Waals surface area contributed by atoms with Crippen molar-refractivity contribution in [1.29, 1.82) is 0 Å². The summed E-state index contributed by atoms with van der Waals surface area (Å²) in [5.74, 6) is -0.0218. The van der Waals surface area contributed by atoms with Gasteiger partial charge in [0, 0.05) is 48.3 Å². The molecule has 0 radical (unpaired) electrons. The first-order valence-corrected chi connectivity index (χ1v) is 10.4. The summed E-state index contributed by atoms with van der Waals surface area (Å²) >= 11 is 0. The minimum atomic E-state index is -0.0218. The average molecular weight is 392 g/mol. The quantitative estimate of drug-likeness (QED) is 0.674. The molecule has 29 heavy (non-hydrogen) atoms. The summed E-state index contributed by atoms with van der Waals surface area (Å²) in [7, 11) is 0. The highest BCUT2D eigenvalue weighted by molar-refractivity contribution is 5.94. The van der Waals surface area contributed by atoms with Crippen molar-refractivity contribution in [3.05, 3.63) is 70.9 Å². The predicted octanol–water partition coefficient (Wildman–Crippen LogP) is 3.67. The Morgan fingerprint density at radius 1 is 1.17 bits per heavy atom. The number of hydrogen-bond donors (Lipinski definition) is 2. The van der Waals surface area contributed by atoms with Gasteiger partial charge in [-0.25, -0.2) is 0 Å². The van der Waals surface area contributed by atoms with Crippen molar-refractivity contribution in [2.45, 2.75) is 32.9 Å². The summed E-state index contributed by atoms with van der Waals surface area (Å²) < 4.78 is 5.40. The SMILES string of the molecule is Cc1cccc2c(C[C@H](C)NC(=O)c3ccc(CN4CCOCC4)cc3)c[nH]c12. The van der Waals surface area contributed by atoms with Gasteiger partial charge in [-0.2, -0.15) is 0 Å². The van der Waals surface area contributed by atoms with Crippen molar-refractivity contribution in [1.82, 2.24) is 15.2 Å². The number of ether oxygens (including phenoxy) is 1. The van der Waals surface area contributed by atoms with Crippen LogP contribution in [0.4, 0.5) is 0 Å².